The van der Waals surface area contributed by atoms with Crippen molar-refractivity contribution in [2.24, 2.45) is 0 Å². The first-order chi connectivity index (χ1) is 9.21. The number of hydrogen-bond acceptors (Lipinski definition) is 5. The number of rotatable bonds is 4. The van der Waals surface area contributed by atoms with Crippen molar-refractivity contribution in [2.45, 2.75) is 26.8 Å². The molecule has 0 saturated heterocycles. The molecular formula is C14H15N5. The van der Waals surface area contributed by atoms with E-state index in [1.165, 1.54) is 0 Å². The van der Waals surface area contributed by atoms with Crippen molar-refractivity contribution in [1.82, 2.24) is 15.0 Å². The molecule has 0 aliphatic heterocycles. The Labute approximate surface area is 112 Å². The number of hydrogen-bond donors (Lipinski definition) is 1. The van der Waals surface area contributed by atoms with Crippen molar-refractivity contribution in [3.63, 3.8) is 0 Å². The van der Waals surface area contributed by atoms with E-state index in [2.05, 4.69) is 33.3 Å². The van der Waals surface area contributed by atoms with Gasteiger partial charge in [-0.1, -0.05) is 6.92 Å². The minimum atomic E-state index is 0.551. The molecular weight excluding hydrogens is 238 g/mol. The number of aromatic nitrogens is 3. The zero-order valence-electron chi connectivity index (χ0n) is 11.0. The molecule has 5 heteroatoms. The summed E-state index contributed by atoms with van der Waals surface area (Å²) in [4.78, 5) is 12.7. The SMILES string of the molecule is CCc1cc(C)nc(NCc2cncc(C#N)c2)n1. The Hall–Kier alpha value is -2.48. The van der Waals surface area contributed by atoms with E-state index < -0.39 is 0 Å². The first-order valence-electron chi connectivity index (χ1n) is 6.13. The summed E-state index contributed by atoms with van der Waals surface area (Å²) < 4.78 is 0. The van der Waals surface area contributed by atoms with Gasteiger partial charge in [0.05, 0.1) is 5.56 Å². The molecule has 0 unspecified atom stereocenters. The number of anilines is 1. The van der Waals surface area contributed by atoms with Crippen molar-refractivity contribution in [3.8, 4) is 6.07 Å². The number of pyridine rings is 1. The van der Waals surface area contributed by atoms with Crippen LogP contribution in [0.15, 0.2) is 24.5 Å². The Morgan fingerprint density at radius 3 is 2.84 bits per heavy atom. The van der Waals surface area contributed by atoms with E-state index >= 15 is 0 Å². The smallest absolute Gasteiger partial charge is 0.223 e. The molecule has 1 N–H and O–H groups in total. The molecule has 2 aromatic rings. The van der Waals surface area contributed by atoms with Crippen LogP contribution in [0, 0.1) is 18.3 Å². The Bertz CT molecular complexity index is 615. The van der Waals surface area contributed by atoms with E-state index in [9.17, 15) is 0 Å². The molecule has 0 radical (unpaired) electrons. The summed E-state index contributed by atoms with van der Waals surface area (Å²) in [7, 11) is 0. The third-order valence-electron chi connectivity index (χ3n) is 2.64. The predicted molar refractivity (Wildman–Crippen MR) is 72.4 cm³/mol. The van der Waals surface area contributed by atoms with Crippen molar-refractivity contribution in [1.29, 1.82) is 5.26 Å². The molecule has 0 aromatic carbocycles. The van der Waals surface area contributed by atoms with Crippen LogP contribution < -0.4 is 5.32 Å². The highest BCUT2D eigenvalue weighted by molar-refractivity contribution is 5.33. The third kappa shape index (κ3) is 3.49. The molecule has 0 spiro atoms. The second kappa shape index (κ2) is 5.91. The van der Waals surface area contributed by atoms with Gasteiger partial charge in [-0.25, -0.2) is 9.97 Å². The number of nitrogens with zero attached hydrogens (tertiary/aromatic N) is 4. The Kier molecular flexibility index (Phi) is 4.04. The zero-order valence-corrected chi connectivity index (χ0v) is 11.0. The Morgan fingerprint density at radius 1 is 1.26 bits per heavy atom. The van der Waals surface area contributed by atoms with Crippen molar-refractivity contribution in [2.75, 3.05) is 5.32 Å². The average Bonchev–Trinajstić information content (AvgIpc) is 2.44. The van der Waals surface area contributed by atoms with Gasteiger partial charge in [-0.15, -0.1) is 0 Å². The van der Waals surface area contributed by atoms with Gasteiger partial charge in [0.2, 0.25) is 5.95 Å². The lowest BCUT2D eigenvalue weighted by molar-refractivity contribution is 0.953. The highest BCUT2D eigenvalue weighted by atomic mass is 15.1. The summed E-state index contributed by atoms with van der Waals surface area (Å²) >= 11 is 0. The van der Waals surface area contributed by atoms with E-state index in [-0.39, 0.29) is 0 Å². The van der Waals surface area contributed by atoms with Crippen LogP contribution in [0.3, 0.4) is 0 Å². The highest BCUT2D eigenvalue weighted by Crippen LogP contribution is 2.08. The number of aryl methyl sites for hydroxylation is 2. The van der Waals surface area contributed by atoms with E-state index in [4.69, 9.17) is 5.26 Å². The van der Waals surface area contributed by atoms with Crippen LogP contribution in [0.1, 0.15) is 29.4 Å². The molecule has 2 aromatic heterocycles. The van der Waals surface area contributed by atoms with Crippen LogP contribution in [0.4, 0.5) is 5.95 Å². The largest absolute Gasteiger partial charge is 0.350 e. The predicted octanol–water partition coefficient (Wildman–Crippen LogP) is 2.23. The first kappa shape index (κ1) is 13.0. The maximum Gasteiger partial charge on any atom is 0.223 e. The van der Waals surface area contributed by atoms with Crippen LogP contribution in [0.2, 0.25) is 0 Å². The second-order valence-corrected chi connectivity index (χ2v) is 4.23. The molecule has 0 fully saturated rings. The monoisotopic (exact) mass is 253 g/mol. The minimum Gasteiger partial charge on any atom is -0.350 e. The fraction of sp³-hybridized carbons (Fsp3) is 0.286. The lowest BCUT2D eigenvalue weighted by Crippen LogP contribution is -2.06. The van der Waals surface area contributed by atoms with Crippen LogP contribution in [-0.2, 0) is 13.0 Å². The van der Waals surface area contributed by atoms with Crippen LogP contribution >= 0.6 is 0 Å². The highest BCUT2D eigenvalue weighted by Gasteiger charge is 2.02. The third-order valence-corrected chi connectivity index (χ3v) is 2.64. The zero-order chi connectivity index (χ0) is 13.7. The number of nitriles is 1. The lowest BCUT2D eigenvalue weighted by Gasteiger charge is -2.07. The Balaban J connectivity index is 2.10. The molecule has 2 rings (SSSR count). The summed E-state index contributed by atoms with van der Waals surface area (Å²) in [5.41, 5.74) is 3.44. The van der Waals surface area contributed by atoms with Gasteiger partial charge in [-0.3, -0.25) is 4.98 Å². The molecule has 0 aliphatic carbocycles. The molecule has 0 aliphatic rings. The molecule has 5 nitrogen and oxygen atoms in total. The van der Waals surface area contributed by atoms with Gasteiger partial charge >= 0.3 is 0 Å². The molecule has 0 amide bonds. The van der Waals surface area contributed by atoms with Crippen LogP contribution in [0.5, 0.6) is 0 Å². The lowest BCUT2D eigenvalue weighted by atomic mass is 10.2. The maximum absolute atomic E-state index is 8.82. The summed E-state index contributed by atoms with van der Waals surface area (Å²) in [5, 5.41) is 12.0. The first-order valence-corrected chi connectivity index (χ1v) is 6.13. The maximum atomic E-state index is 8.82. The fourth-order valence-corrected chi connectivity index (χ4v) is 1.72. The van der Waals surface area contributed by atoms with E-state index in [0.29, 0.717) is 18.1 Å². The fourth-order valence-electron chi connectivity index (χ4n) is 1.72. The van der Waals surface area contributed by atoms with Crippen LogP contribution in [0.25, 0.3) is 0 Å². The van der Waals surface area contributed by atoms with E-state index in [1.807, 2.05) is 13.0 Å². The van der Waals surface area contributed by atoms with Gasteiger partial charge in [0.25, 0.3) is 0 Å². The standard InChI is InChI=1S/C14H15N5/c1-3-13-4-10(2)18-14(19-13)17-9-12-5-11(6-15)7-16-8-12/h4-5,7-8H,3,9H2,1-2H3,(H,17,18,19). The van der Waals surface area contributed by atoms with Gasteiger partial charge in [-0.2, -0.15) is 5.26 Å². The van der Waals surface area contributed by atoms with Gasteiger partial charge in [-0.05, 0) is 31.0 Å². The molecule has 2 heterocycles. The number of nitrogens with one attached hydrogen (secondary N) is 1. The average molecular weight is 253 g/mol. The summed E-state index contributed by atoms with van der Waals surface area (Å²) in [5.74, 6) is 0.610. The minimum absolute atomic E-state index is 0.551. The normalized spacial score (nSPS) is 9.95. The van der Waals surface area contributed by atoms with Gasteiger partial charge in [0.15, 0.2) is 0 Å². The molecule has 0 bridgehead atoms. The quantitative estimate of drug-likeness (QED) is 0.904. The summed E-state index contributed by atoms with van der Waals surface area (Å²) in [6.07, 6.45) is 4.15. The Morgan fingerprint density at radius 2 is 2.11 bits per heavy atom. The van der Waals surface area contributed by atoms with Crippen molar-refractivity contribution < 1.29 is 0 Å². The summed E-state index contributed by atoms with van der Waals surface area (Å²) in [6.45, 7) is 4.56. The second-order valence-electron chi connectivity index (χ2n) is 4.23. The van der Waals surface area contributed by atoms with Crippen molar-refractivity contribution in [3.05, 3.63) is 47.0 Å². The molecule has 96 valence electrons. The van der Waals surface area contributed by atoms with Crippen molar-refractivity contribution >= 4 is 5.95 Å². The topological polar surface area (TPSA) is 74.5 Å². The van der Waals surface area contributed by atoms with Crippen LogP contribution in [-0.4, -0.2) is 15.0 Å². The van der Waals surface area contributed by atoms with E-state index in [0.717, 1.165) is 23.4 Å². The van der Waals surface area contributed by atoms with Gasteiger partial charge in [0.1, 0.15) is 6.07 Å². The molecule has 19 heavy (non-hydrogen) atoms. The van der Waals surface area contributed by atoms with Gasteiger partial charge < -0.3 is 5.32 Å². The van der Waals surface area contributed by atoms with E-state index in [1.54, 1.807) is 18.5 Å². The molecule has 0 atom stereocenters. The van der Waals surface area contributed by atoms with Gasteiger partial charge in [0, 0.05) is 30.3 Å². The summed E-state index contributed by atoms with van der Waals surface area (Å²) in [6, 6.07) is 5.85. The molecule has 0 saturated carbocycles.